The molecule has 1 saturated heterocycles. The number of carbonyl (C=O) groups is 3. The summed E-state index contributed by atoms with van der Waals surface area (Å²) >= 11 is 5.90. The Morgan fingerprint density at radius 2 is 1.73 bits per heavy atom. The first-order valence-corrected chi connectivity index (χ1v) is 10.7. The smallest absolute Gasteiger partial charge is 0.332 e. The van der Waals surface area contributed by atoms with Crippen molar-refractivity contribution >= 4 is 40.8 Å². The molecule has 1 unspecified atom stereocenters. The van der Waals surface area contributed by atoms with Gasteiger partial charge in [-0.2, -0.15) is 0 Å². The second kappa shape index (κ2) is 9.75. The van der Waals surface area contributed by atoms with Crippen LogP contribution in [0.5, 0.6) is 5.75 Å². The summed E-state index contributed by atoms with van der Waals surface area (Å²) < 4.78 is 5.27. The van der Waals surface area contributed by atoms with Crippen LogP contribution in [0.2, 0.25) is 5.02 Å². The van der Waals surface area contributed by atoms with Gasteiger partial charge in [0, 0.05) is 17.3 Å². The van der Waals surface area contributed by atoms with Gasteiger partial charge in [-0.3, -0.25) is 9.59 Å². The number of benzene rings is 3. The molecule has 4 amide bonds. The van der Waals surface area contributed by atoms with E-state index in [0.717, 1.165) is 10.5 Å². The van der Waals surface area contributed by atoms with E-state index in [0.29, 0.717) is 22.1 Å². The predicted molar refractivity (Wildman–Crippen MR) is 126 cm³/mol. The summed E-state index contributed by atoms with van der Waals surface area (Å²) in [6.07, 6.45) is -0.180. The molecule has 7 nitrogen and oxygen atoms in total. The Morgan fingerprint density at radius 1 is 1.00 bits per heavy atom. The van der Waals surface area contributed by atoms with Crippen LogP contribution >= 0.6 is 11.6 Å². The molecule has 1 fully saturated rings. The average molecular weight is 464 g/mol. The third kappa shape index (κ3) is 4.99. The fourth-order valence-corrected chi connectivity index (χ4v) is 3.84. The molecule has 1 atom stereocenters. The molecule has 1 N–H and O–H groups in total. The molecule has 4 rings (SSSR count). The van der Waals surface area contributed by atoms with E-state index in [-0.39, 0.29) is 18.9 Å². The van der Waals surface area contributed by atoms with E-state index < -0.39 is 18.0 Å². The molecule has 3 aromatic carbocycles. The molecule has 1 aliphatic heterocycles. The van der Waals surface area contributed by atoms with Crippen molar-refractivity contribution in [3.05, 3.63) is 89.4 Å². The molecule has 8 heteroatoms. The maximum atomic E-state index is 13.3. The normalized spacial score (nSPS) is 15.6. The van der Waals surface area contributed by atoms with Gasteiger partial charge >= 0.3 is 6.03 Å². The average Bonchev–Trinajstić information content (AvgIpc) is 3.05. The minimum Gasteiger partial charge on any atom is -0.497 e. The molecular weight excluding hydrogens is 442 g/mol. The lowest BCUT2D eigenvalue weighted by atomic mass is 10.1. The molecular formula is C25H22ClN3O4. The number of hydrogen-bond donors (Lipinski definition) is 1. The highest BCUT2D eigenvalue weighted by Crippen LogP contribution is 2.29. The summed E-state index contributed by atoms with van der Waals surface area (Å²) in [6.45, 7) is 0.157. The van der Waals surface area contributed by atoms with Crippen molar-refractivity contribution < 1.29 is 19.1 Å². The first-order valence-electron chi connectivity index (χ1n) is 10.3. The van der Waals surface area contributed by atoms with Crippen LogP contribution in [0.1, 0.15) is 12.0 Å². The summed E-state index contributed by atoms with van der Waals surface area (Å²) in [5, 5.41) is 3.31. The number of anilines is 2. The van der Waals surface area contributed by atoms with Gasteiger partial charge in [0.15, 0.2) is 0 Å². The van der Waals surface area contributed by atoms with Gasteiger partial charge in [-0.1, -0.05) is 41.9 Å². The third-order valence-electron chi connectivity index (χ3n) is 5.33. The monoisotopic (exact) mass is 463 g/mol. The number of rotatable bonds is 7. The fraction of sp³-hybridized carbons (Fsp3) is 0.160. The SMILES string of the molecule is COc1cccc(CN2C(=O)N(c3ccccc3)C(=O)C2CC(=O)Nc2ccc(Cl)cc2)c1. The van der Waals surface area contributed by atoms with Crippen LogP contribution in [0.3, 0.4) is 0 Å². The van der Waals surface area contributed by atoms with E-state index in [4.69, 9.17) is 16.3 Å². The lowest BCUT2D eigenvalue weighted by Gasteiger charge is -2.22. The largest absolute Gasteiger partial charge is 0.497 e. The van der Waals surface area contributed by atoms with E-state index in [1.54, 1.807) is 73.8 Å². The Morgan fingerprint density at radius 3 is 2.42 bits per heavy atom. The van der Waals surface area contributed by atoms with Gasteiger partial charge in [0.2, 0.25) is 5.91 Å². The highest BCUT2D eigenvalue weighted by Gasteiger charge is 2.46. The molecule has 1 aliphatic rings. The molecule has 0 spiro atoms. The predicted octanol–water partition coefficient (Wildman–Crippen LogP) is 4.71. The van der Waals surface area contributed by atoms with Crippen LogP contribution < -0.4 is 15.0 Å². The quantitative estimate of drug-likeness (QED) is 0.514. The Bertz CT molecular complexity index is 1170. The second-order valence-corrected chi connectivity index (χ2v) is 7.98. The molecule has 33 heavy (non-hydrogen) atoms. The summed E-state index contributed by atoms with van der Waals surface area (Å²) in [4.78, 5) is 42.0. The lowest BCUT2D eigenvalue weighted by Crippen LogP contribution is -2.37. The zero-order valence-electron chi connectivity index (χ0n) is 17.9. The highest BCUT2D eigenvalue weighted by atomic mass is 35.5. The Kier molecular flexibility index (Phi) is 6.60. The van der Waals surface area contributed by atoms with Crippen molar-refractivity contribution in [2.45, 2.75) is 19.0 Å². The van der Waals surface area contributed by atoms with E-state index in [1.807, 2.05) is 12.1 Å². The number of amides is 4. The van der Waals surface area contributed by atoms with Crippen LogP contribution in [0, 0.1) is 0 Å². The molecule has 0 aliphatic carbocycles. The van der Waals surface area contributed by atoms with Gasteiger partial charge in [0.05, 0.1) is 19.2 Å². The fourth-order valence-electron chi connectivity index (χ4n) is 3.72. The van der Waals surface area contributed by atoms with Gasteiger partial charge < -0.3 is 15.0 Å². The van der Waals surface area contributed by atoms with Crippen molar-refractivity contribution in [1.82, 2.24) is 4.90 Å². The number of ether oxygens (including phenoxy) is 1. The van der Waals surface area contributed by atoms with E-state index in [1.165, 1.54) is 4.90 Å². The van der Waals surface area contributed by atoms with Crippen LogP contribution in [0.25, 0.3) is 0 Å². The number of nitrogens with zero attached hydrogens (tertiary/aromatic N) is 2. The summed E-state index contributed by atoms with van der Waals surface area (Å²) in [7, 11) is 1.56. The van der Waals surface area contributed by atoms with Crippen molar-refractivity contribution in [3.63, 3.8) is 0 Å². The van der Waals surface area contributed by atoms with E-state index >= 15 is 0 Å². The van der Waals surface area contributed by atoms with Gasteiger partial charge in [-0.15, -0.1) is 0 Å². The molecule has 0 saturated carbocycles. The maximum Gasteiger partial charge on any atom is 0.332 e. The molecule has 1 heterocycles. The van der Waals surface area contributed by atoms with Crippen LogP contribution in [0.15, 0.2) is 78.9 Å². The van der Waals surface area contributed by atoms with Crippen molar-refractivity contribution in [3.8, 4) is 5.75 Å². The first-order chi connectivity index (χ1) is 16.0. The molecule has 0 aromatic heterocycles. The van der Waals surface area contributed by atoms with Gasteiger partial charge in [-0.05, 0) is 54.1 Å². The maximum absolute atomic E-state index is 13.3. The minimum atomic E-state index is -0.948. The van der Waals surface area contributed by atoms with E-state index in [2.05, 4.69) is 5.32 Å². The van der Waals surface area contributed by atoms with Crippen LogP contribution in [-0.4, -0.2) is 35.9 Å². The van der Waals surface area contributed by atoms with Crippen molar-refractivity contribution in [1.29, 1.82) is 0 Å². The van der Waals surface area contributed by atoms with Crippen molar-refractivity contribution in [2.24, 2.45) is 0 Å². The van der Waals surface area contributed by atoms with Gasteiger partial charge in [-0.25, -0.2) is 9.69 Å². The van der Waals surface area contributed by atoms with Gasteiger partial charge in [0.1, 0.15) is 11.8 Å². The van der Waals surface area contributed by atoms with Crippen LogP contribution in [-0.2, 0) is 16.1 Å². The molecule has 3 aromatic rings. The number of para-hydroxylation sites is 1. The Hall–Kier alpha value is -3.84. The summed E-state index contributed by atoms with van der Waals surface area (Å²) in [5.74, 6) is -0.184. The molecule has 168 valence electrons. The number of urea groups is 1. The third-order valence-corrected chi connectivity index (χ3v) is 5.58. The number of hydrogen-bond acceptors (Lipinski definition) is 4. The van der Waals surface area contributed by atoms with Gasteiger partial charge in [0.25, 0.3) is 5.91 Å². The number of nitrogens with one attached hydrogen (secondary N) is 1. The first kappa shape index (κ1) is 22.4. The molecule has 0 radical (unpaired) electrons. The zero-order valence-corrected chi connectivity index (χ0v) is 18.7. The Labute approximate surface area is 196 Å². The molecule has 0 bridgehead atoms. The number of methoxy groups -OCH3 is 1. The van der Waals surface area contributed by atoms with Crippen molar-refractivity contribution in [2.75, 3.05) is 17.3 Å². The number of carbonyl (C=O) groups excluding carboxylic acids is 3. The number of halogens is 1. The Balaban J connectivity index is 1.60. The zero-order chi connectivity index (χ0) is 23.4. The minimum absolute atomic E-state index is 0.157. The number of imide groups is 1. The lowest BCUT2D eigenvalue weighted by molar-refractivity contribution is -0.124. The summed E-state index contributed by atoms with van der Waals surface area (Å²) in [5.41, 5.74) is 1.80. The standard InChI is InChI=1S/C25H22ClN3O4/c1-33-21-9-5-6-17(14-21)16-28-22(15-23(30)27-19-12-10-18(26)11-13-19)24(31)29(25(28)32)20-7-3-2-4-8-20/h2-14,22H,15-16H2,1H3,(H,27,30). The highest BCUT2D eigenvalue weighted by molar-refractivity contribution is 6.30. The topological polar surface area (TPSA) is 79.0 Å². The summed E-state index contributed by atoms with van der Waals surface area (Å²) in [6, 6.07) is 21.2. The second-order valence-electron chi connectivity index (χ2n) is 7.55. The van der Waals surface area contributed by atoms with Crippen LogP contribution in [0.4, 0.5) is 16.2 Å². The van der Waals surface area contributed by atoms with E-state index in [9.17, 15) is 14.4 Å².